The zero-order valence-electron chi connectivity index (χ0n) is 12.5. The molecule has 5 nitrogen and oxygen atoms in total. The molecule has 2 rings (SSSR count). The van der Waals surface area contributed by atoms with Crippen LogP contribution >= 0.6 is 0 Å². The first-order valence-electron chi connectivity index (χ1n) is 7.18. The Balaban J connectivity index is 1.96. The Bertz CT molecular complexity index is 461. The van der Waals surface area contributed by atoms with Crippen molar-refractivity contribution in [3.8, 4) is 0 Å². The number of furan rings is 1. The van der Waals surface area contributed by atoms with Gasteiger partial charge in [-0.25, -0.2) is 4.79 Å². The molecule has 1 unspecified atom stereocenters. The molecule has 112 valence electrons. The molecule has 1 aromatic heterocycles. The van der Waals surface area contributed by atoms with Gasteiger partial charge in [0.25, 0.3) is 0 Å². The summed E-state index contributed by atoms with van der Waals surface area (Å²) in [5.74, 6) is -0.352. The van der Waals surface area contributed by atoms with Gasteiger partial charge >= 0.3 is 5.97 Å². The Kier molecular flexibility index (Phi) is 4.50. The minimum absolute atomic E-state index is 0.00293. The van der Waals surface area contributed by atoms with E-state index >= 15 is 0 Å². The van der Waals surface area contributed by atoms with E-state index < -0.39 is 5.97 Å². The van der Waals surface area contributed by atoms with Crippen LogP contribution in [0, 0.1) is 0 Å². The summed E-state index contributed by atoms with van der Waals surface area (Å²) in [4.78, 5) is 13.1. The second-order valence-electron chi connectivity index (χ2n) is 5.94. The second-order valence-corrected chi connectivity index (χ2v) is 5.94. The number of aromatic carboxylic acids is 1. The Morgan fingerprint density at radius 2 is 2.10 bits per heavy atom. The second kappa shape index (κ2) is 5.97. The molecule has 1 fully saturated rings. The summed E-state index contributed by atoms with van der Waals surface area (Å²) >= 11 is 0. The lowest BCUT2D eigenvalue weighted by Gasteiger charge is -2.37. The van der Waals surface area contributed by atoms with Gasteiger partial charge in [0, 0.05) is 12.1 Å². The Hall–Kier alpha value is -1.33. The molecule has 0 aromatic carbocycles. The number of nitrogens with zero attached hydrogens (tertiary/aromatic N) is 1. The lowest BCUT2D eigenvalue weighted by Crippen LogP contribution is -2.49. The minimum Gasteiger partial charge on any atom is -0.475 e. The molecule has 5 heteroatoms. The van der Waals surface area contributed by atoms with Gasteiger partial charge in [-0.2, -0.15) is 0 Å². The summed E-state index contributed by atoms with van der Waals surface area (Å²) < 4.78 is 5.34. The van der Waals surface area contributed by atoms with Crippen LogP contribution in [-0.4, -0.2) is 42.2 Å². The van der Waals surface area contributed by atoms with Gasteiger partial charge in [0.15, 0.2) is 0 Å². The van der Waals surface area contributed by atoms with Crippen LogP contribution < -0.4 is 5.32 Å². The van der Waals surface area contributed by atoms with Gasteiger partial charge in [-0.3, -0.25) is 0 Å². The van der Waals surface area contributed by atoms with Crippen molar-refractivity contribution < 1.29 is 14.3 Å². The lowest BCUT2D eigenvalue weighted by atomic mass is 9.95. The molecule has 1 saturated carbocycles. The molecule has 1 aliphatic carbocycles. The van der Waals surface area contributed by atoms with Crippen LogP contribution in [0.15, 0.2) is 16.5 Å². The van der Waals surface area contributed by atoms with Gasteiger partial charge in [-0.1, -0.05) is 12.8 Å². The van der Waals surface area contributed by atoms with Crippen molar-refractivity contribution in [2.75, 3.05) is 20.6 Å². The van der Waals surface area contributed by atoms with Gasteiger partial charge in [0.2, 0.25) is 5.76 Å². The molecule has 0 aliphatic heterocycles. The highest BCUT2D eigenvalue weighted by Gasteiger charge is 2.36. The highest BCUT2D eigenvalue weighted by Crippen LogP contribution is 2.33. The molecular weight excluding hydrogens is 256 g/mol. The van der Waals surface area contributed by atoms with E-state index in [0.29, 0.717) is 5.76 Å². The summed E-state index contributed by atoms with van der Waals surface area (Å²) in [6.07, 6.45) is 4.97. The molecule has 1 heterocycles. The molecule has 0 saturated heterocycles. The van der Waals surface area contributed by atoms with Gasteiger partial charge in [-0.15, -0.1) is 0 Å². The van der Waals surface area contributed by atoms with Gasteiger partial charge < -0.3 is 19.7 Å². The van der Waals surface area contributed by atoms with E-state index in [-0.39, 0.29) is 17.3 Å². The average Bonchev–Trinajstić information content (AvgIpc) is 3.06. The SMILES string of the molecule is CC(NCC1(N(C)C)CCCC1)c1ccc(C(=O)O)o1. The number of rotatable bonds is 6. The predicted molar refractivity (Wildman–Crippen MR) is 77.0 cm³/mol. The Morgan fingerprint density at radius 3 is 2.60 bits per heavy atom. The van der Waals surface area contributed by atoms with Crippen molar-refractivity contribution in [1.29, 1.82) is 0 Å². The number of likely N-dealkylation sites (N-methyl/N-ethyl adjacent to an activating group) is 1. The lowest BCUT2D eigenvalue weighted by molar-refractivity contribution is 0.0659. The van der Waals surface area contributed by atoms with Crippen LogP contribution in [0.5, 0.6) is 0 Å². The molecule has 20 heavy (non-hydrogen) atoms. The van der Waals surface area contributed by atoms with E-state index in [9.17, 15) is 4.79 Å². The van der Waals surface area contributed by atoms with E-state index in [1.807, 2.05) is 6.92 Å². The van der Waals surface area contributed by atoms with E-state index in [0.717, 1.165) is 6.54 Å². The topological polar surface area (TPSA) is 65.7 Å². The standard InChI is InChI=1S/C15H24N2O3/c1-11(12-6-7-13(20-12)14(18)19)16-10-15(17(2)3)8-4-5-9-15/h6-7,11,16H,4-5,8-10H2,1-3H3,(H,18,19). The smallest absolute Gasteiger partial charge is 0.371 e. The maximum Gasteiger partial charge on any atom is 0.371 e. The summed E-state index contributed by atoms with van der Waals surface area (Å²) in [6, 6.07) is 3.26. The molecule has 2 N–H and O–H groups in total. The van der Waals surface area contributed by atoms with Crippen molar-refractivity contribution in [3.05, 3.63) is 23.7 Å². The molecule has 0 radical (unpaired) electrons. The van der Waals surface area contributed by atoms with Crippen LogP contribution in [0.1, 0.15) is 55.0 Å². The molecule has 1 atom stereocenters. The fourth-order valence-corrected chi connectivity index (χ4v) is 2.96. The molecule has 0 bridgehead atoms. The number of carboxylic acids is 1. The van der Waals surface area contributed by atoms with Crippen LogP contribution in [0.3, 0.4) is 0 Å². The highest BCUT2D eigenvalue weighted by molar-refractivity contribution is 5.84. The van der Waals surface area contributed by atoms with Crippen molar-refractivity contribution >= 4 is 5.97 Å². The zero-order valence-corrected chi connectivity index (χ0v) is 12.5. The van der Waals surface area contributed by atoms with Crippen molar-refractivity contribution in [2.24, 2.45) is 0 Å². The summed E-state index contributed by atoms with van der Waals surface area (Å²) in [5.41, 5.74) is 0.219. The largest absolute Gasteiger partial charge is 0.475 e. The zero-order chi connectivity index (χ0) is 14.8. The quantitative estimate of drug-likeness (QED) is 0.838. The number of nitrogens with one attached hydrogen (secondary N) is 1. The fraction of sp³-hybridized carbons (Fsp3) is 0.667. The first-order chi connectivity index (χ1) is 9.44. The normalized spacial score (nSPS) is 19.4. The molecule has 0 amide bonds. The minimum atomic E-state index is -1.02. The van der Waals surface area contributed by atoms with Gasteiger partial charge in [0.05, 0.1) is 6.04 Å². The summed E-state index contributed by atoms with van der Waals surface area (Å²) in [6.45, 7) is 2.90. The third-order valence-corrected chi connectivity index (χ3v) is 4.48. The summed E-state index contributed by atoms with van der Waals surface area (Å²) in [7, 11) is 4.26. The Morgan fingerprint density at radius 1 is 1.45 bits per heavy atom. The van der Waals surface area contributed by atoms with E-state index in [1.165, 1.54) is 31.7 Å². The Labute approximate surface area is 119 Å². The van der Waals surface area contributed by atoms with Crippen LogP contribution in [0.2, 0.25) is 0 Å². The summed E-state index contributed by atoms with van der Waals surface area (Å²) in [5, 5.41) is 12.4. The van der Waals surface area contributed by atoms with Crippen molar-refractivity contribution in [3.63, 3.8) is 0 Å². The monoisotopic (exact) mass is 280 g/mol. The van der Waals surface area contributed by atoms with E-state index in [4.69, 9.17) is 9.52 Å². The number of carbonyl (C=O) groups is 1. The third-order valence-electron chi connectivity index (χ3n) is 4.48. The number of hydrogen-bond donors (Lipinski definition) is 2. The van der Waals surface area contributed by atoms with Crippen molar-refractivity contribution in [2.45, 2.75) is 44.2 Å². The highest BCUT2D eigenvalue weighted by atomic mass is 16.4. The predicted octanol–water partition coefficient (Wildman–Crippen LogP) is 2.50. The molecule has 1 aromatic rings. The maximum absolute atomic E-state index is 10.8. The molecule has 0 spiro atoms. The first kappa shape index (κ1) is 15.1. The van der Waals surface area contributed by atoms with Crippen molar-refractivity contribution in [1.82, 2.24) is 10.2 Å². The van der Waals surface area contributed by atoms with Gasteiger partial charge in [0.1, 0.15) is 5.76 Å². The third kappa shape index (κ3) is 3.04. The fourth-order valence-electron chi connectivity index (χ4n) is 2.96. The first-order valence-corrected chi connectivity index (χ1v) is 7.18. The van der Waals surface area contributed by atoms with Gasteiger partial charge in [-0.05, 0) is 46.0 Å². The number of carboxylic acid groups (broad SMARTS) is 1. The average molecular weight is 280 g/mol. The maximum atomic E-state index is 10.8. The van der Waals surface area contributed by atoms with Crippen LogP contribution in [0.4, 0.5) is 0 Å². The molecular formula is C15H24N2O3. The van der Waals surface area contributed by atoms with Crippen LogP contribution in [0.25, 0.3) is 0 Å². The molecule has 1 aliphatic rings. The van der Waals surface area contributed by atoms with Crippen LogP contribution in [-0.2, 0) is 0 Å². The number of hydrogen-bond acceptors (Lipinski definition) is 4. The van der Waals surface area contributed by atoms with E-state index in [1.54, 1.807) is 6.07 Å². The van der Waals surface area contributed by atoms with E-state index in [2.05, 4.69) is 24.3 Å².